The molecule has 1 saturated heterocycles. The first-order valence-corrected chi connectivity index (χ1v) is 12.3. The third kappa shape index (κ3) is 4.01. The van der Waals surface area contributed by atoms with Gasteiger partial charge in [-0.2, -0.15) is 9.30 Å². The van der Waals surface area contributed by atoms with E-state index in [2.05, 4.69) is 4.99 Å². The molecule has 0 saturated carbocycles. The maximum absolute atomic E-state index is 13.1. The van der Waals surface area contributed by atoms with Crippen molar-refractivity contribution in [1.82, 2.24) is 8.87 Å². The van der Waals surface area contributed by atoms with E-state index in [0.717, 1.165) is 15.8 Å². The van der Waals surface area contributed by atoms with Crippen molar-refractivity contribution in [1.29, 1.82) is 0 Å². The second kappa shape index (κ2) is 8.61. The number of benzene rings is 2. The molecule has 4 rings (SSSR count). The lowest BCUT2D eigenvalue weighted by molar-refractivity contribution is -0.121. The number of amides is 1. The normalized spacial score (nSPS) is 17.7. The Balaban J connectivity index is 1.68. The topological polar surface area (TPSA) is 98.0 Å². The molecule has 8 nitrogen and oxygen atoms in total. The SMILES string of the molecule is COC(=O)c1ccc2c(c1)sc(=NC(=O)C1CCCN1S(=O)(=O)c1ccc(C)cc1)n2C. The van der Waals surface area contributed by atoms with Gasteiger partial charge in [-0.05, 0) is 50.1 Å². The van der Waals surface area contributed by atoms with Crippen molar-refractivity contribution >= 4 is 43.5 Å². The van der Waals surface area contributed by atoms with E-state index in [1.54, 1.807) is 54.1 Å². The first kappa shape index (κ1) is 22.4. The zero-order valence-electron chi connectivity index (χ0n) is 17.9. The quantitative estimate of drug-likeness (QED) is 0.543. The van der Waals surface area contributed by atoms with Gasteiger partial charge in [0.05, 0.1) is 27.8 Å². The Morgan fingerprint density at radius 3 is 2.56 bits per heavy atom. The highest BCUT2D eigenvalue weighted by Gasteiger charge is 2.39. The van der Waals surface area contributed by atoms with E-state index in [1.807, 2.05) is 6.92 Å². The Morgan fingerprint density at radius 2 is 1.88 bits per heavy atom. The summed E-state index contributed by atoms with van der Waals surface area (Å²) in [6.45, 7) is 2.17. The van der Waals surface area contributed by atoms with Crippen molar-refractivity contribution in [3.8, 4) is 0 Å². The summed E-state index contributed by atoms with van der Waals surface area (Å²) in [5.74, 6) is -0.936. The number of carbonyl (C=O) groups is 2. The summed E-state index contributed by atoms with van der Waals surface area (Å²) in [5.41, 5.74) is 2.18. The first-order chi connectivity index (χ1) is 15.2. The largest absolute Gasteiger partial charge is 0.465 e. The zero-order chi connectivity index (χ0) is 23.0. The number of carbonyl (C=O) groups excluding carboxylic acids is 2. The number of rotatable bonds is 4. The number of hydrogen-bond donors (Lipinski definition) is 0. The molecule has 0 radical (unpaired) electrons. The summed E-state index contributed by atoms with van der Waals surface area (Å²) in [6, 6.07) is 10.9. The van der Waals surface area contributed by atoms with E-state index in [0.29, 0.717) is 23.2 Å². The summed E-state index contributed by atoms with van der Waals surface area (Å²) in [6.07, 6.45) is 1.02. The van der Waals surface area contributed by atoms with Crippen LogP contribution >= 0.6 is 11.3 Å². The molecule has 1 unspecified atom stereocenters. The molecular formula is C22H23N3O5S2. The number of hydrogen-bond acceptors (Lipinski definition) is 6. The molecule has 0 spiro atoms. The number of methoxy groups -OCH3 is 1. The van der Waals surface area contributed by atoms with Crippen LogP contribution in [0, 0.1) is 6.92 Å². The smallest absolute Gasteiger partial charge is 0.337 e. The van der Waals surface area contributed by atoms with Crippen LogP contribution in [0.3, 0.4) is 0 Å². The number of ether oxygens (including phenoxy) is 1. The van der Waals surface area contributed by atoms with Gasteiger partial charge in [-0.15, -0.1) is 0 Å². The van der Waals surface area contributed by atoms with Crippen LogP contribution in [0.2, 0.25) is 0 Å². The molecule has 1 amide bonds. The maximum Gasteiger partial charge on any atom is 0.337 e. The summed E-state index contributed by atoms with van der Waals surface area (Å²) in [4.78, 5) is 29.7. The molecule has 1 aromatic heterocycles. The summed E-state index contributed by atoms with van der Waals surface area (Å²) >= 11 is 1.26. The van der Waals surface area contributed by atoms with Crippen LogP contribution in [0.5, 0.6) is 0 Å². The van der Waals surface area contributed by atoms with Crippen LogP contribution in [0.4, 0.5) is 0 Å². The summed E-state index contributed by atoms with van der Waals surface area (Å²) in [5, 5.41) is 0. The molecule has 0 aliphatic carbocycles. The van der Waals surface area contributed by atoms with Gasteiger partial charge in [0.25, 0.3) is 5.91 Å². The lowest BCUT2D eigenvalue weighted by atomic mass is 10.2. The van der Waals surface area contributed by atoms with E-state index in [1.165, 1.54) is 22.8 Å². The highest BCUT2D eigenvalue weighted by atomic mass is 32.2. The number of nitrogens with zero attached hydrogens (tertiary/aromatic N) is 3. The Morgan fingerprint density at radius 1 is 1.16 bits per heavy atom. The Kier molecular flexibility index (Phi) is 6.02. The lowest BCUT2D eigenvalue weighted by Gasteiger charge is -2.21. The van der Waals surface area contributed by atoms with E-state index in [4.69, 9.17) is 4.74 Å². The molecule has 2 aromatic carbocycles. The van der Waals surface area contributed by atoms with Crippen molar-refractivity contribution in [3.05, 3.63) is 58.4 Å². The van der Waals surface area contributed by atoms with Gasteiger partial charge in [0.2, 0.25) is 10.0 Å². The number of sulfonamides is 1. The maximum atomic E-state index is 13.1. The number of thiazole rings is 1. The fraction of sp³-hybridized carbons (Fsp3) is 0.318. The second-order valence-corrected chi connectivity index (χ2v) is 10.6. The van der Waals surface area contributed by atoms with E-state index in [9.17, 15) is 18.0 Å². The summed E-state index contributed by atoms with van der Waals surface area (Å²) < 4.78 is 34.8. The van der Waals surface area contributed by atoms with Crippen molar-refractivity contribution in [2.45, 2.75) is 30.7 Å². The van der Waals surface area contributed by atoms with Gasteiger partial charge in [0, 0.05) is 13.6 Å². The van der Waals surface area contributed by atoms with E-state index < -0.39 is 27.9 Å². The van der Waals surface area contributed by atoms with Crippen molar-refractivity contribution in [3.63, 3.8) is 0 Å². The van der Waals surface area contributed by atoms with Gasteiger partial charge in [0.1, 0.15) is 6.04 Å². The van der Waals surface area contributed by atoms with Crippen LogP contribution in [-0.2, 0) is 26.6 Å². The zero-order valence-corrected chi connectivity index (χ0v) is 19.6. The van der Waals surface area contributed by atoms with Gasteiger partial charge >= 0.3 is 5.97 Å². The lowest BCUT2D eigenvalue weighted by Crippen LogP contribution is -2.40. The Labute approximate surface area is 189 Å². The minimum Gasteiger partial charge on any atom is -0.465 e. The van der Waals surface area contributed by atoms with Crippen LogP contribution in [-0.4, -0.2) is 48.9 Å². The Bertz CT molecular complexity index is 1370. The standard InChI is InChI=1S/C22H23N3O5S2/c1-14-6-9-16(10-7-14)32(28,29)25-12-4-5-18(25)20(26)23-22-24(2)17-11-8-15(21(27)30-3)13-19(17)31-22/h6-11,13,18H,4-5,12H2,1-3H3. The molecule has 1 fully saturated rings. The molecule has 1 atom stereocenters. The summed E-state index contributed by atoms with van der Waals surface area (Å²) in [7, 11) is -0.703. The molecule has 0 N–H and O–H groups in total. The van der Waals surface area contributed by atoms with Gasteiger partial charge in [-0.25, -0.2) is 13.2 Å². The van der Waals surface area contributed by atoms with Crippen molar-refractivity contribution in [2.75, 3.05) is 13.7 Å². The van der Waals surface area contributed by atoms with E-state index >= 15 is 0 Å². The second-order valence-electron chi connectivity index (χ2n) is 7.65. The fourth-order valence-electron chi connectivity index (χ4n) is 3.77. The molecule has 3 aromatic rings. The van der Waals surface area contributed by atoms with Gasteiger partial charge in [-0.1, -0.05) is 29.0 Å². The third-order valence-electron chi connectivity index (χ3n) is 5.55. The van der Waals surface area contributed by atoms with Crippen LogP contribution in [0.25, 0.3) is 10.2 Å². The minimum absolute atomic E-state index is 0.172. The van der Waals surface area contributed by atoms with Gasteiger partial charge in [-0.3, -0.25) is 4.79 Å². The number of aromatic nitrogens is 1. The van der Waals surface area contributed by atoms with Crippen molar-refractivity contribution in [2.24, 2.45) is 12.0 Å². The third-order valence-corrected chi connectivity index (χ3v) is 8.57. The monoisotopic (exact) mass is 473 g/mol. The molecule has 32 heavy (non-hydrogen) atoms. The van der Waals surface area contributed by atoms with E-state index in [-0.39, 0.29) is 11.4 Å². The molecule has 0 bridgehead atoms. The van der Waals surface area contributed by atoms with Gasteiger partial charge in [0.15, 0.2) is 4.80 Å². The number of aryl methyl sites for hydroxylation is 2. The molecule has 168 valence electrons. The minimum atomic E-state index is -3.80. The van der Waals surface area contributed by atoms with Crippen LogP contribution < -0.4 is 4.80 Å². The Hall–Kier alpha value is -2.82. The average molecular weight is 474 g/mol. The van der Waals surface area contributed by atoms with Crippen LogP contribution in [0.1, 0.15) is 28.8 Å². The predicted octanol–water partition coefficient (Wildman–Crippen LogP) is 2.62. The number of esters is 1. The molecule has 1 aliphatic rings. The predicted molar refractivity (Wildman–Crippen MR) is 121 cm³/mol. The average Bonchev–Trinajstić information content (AvgIpc) is 3.39. The first-order valence-electron chi connectivity index (χ1n) is 10.1. The van der Waals surface area contributed by atoms with Gasteiger partial charge < -0.3 is 9.30 Å². The molecule has 2 heterocycles. The highest BCUT2D eigenvalue weighted by Crippen LogP contribution is 2.27. The fourth-order valence-corrected chi connectivity index (χ4v) is 6.49. The number of fused-ring (bicyclic) bond motifs is 1. The molecule has 10 heteroatoms. The highest BCUT2D eigenvalue weighted by molar-refractivity contribution is 7.89. The molecule has 1 aliphatic heterocycles. The van der Waals surface area contributed by atoms with Crippen molar-refractivity contribution < 1.29 is 22.7 Å². The van der Waals surface area contributed by atoms with Crippen LogP contribution in [0.15, 0.2) is 52.4 Å². The molecular weight excluding hydrogens is 450 g/mol.